The number of aryl methyl sites for hydroxylation is 2. The lowest BCUT2D eigenvalue weighted by atomic mass is 10.1. The van der Waals surface area contributed by atoms with Crippen LogP contribution in [0.25, 0.3) is 0 Å². The first-order valence-electron chi connectivity index (χ1n) is 7.14. The minimum atomic E-state index is -0.0813. The lowest BCUT2D eigenvalue weighted by Crippen LogP contribution is -2.09. The highest BCUT2D eigenvalue weighted by atomic mass is 16.3. The smallest absolute Gasteiger partial charge is 0.223 e. The van der Waals surface area contributed by atoms with Crippen molar-refractivity contribution < 1.29 is 5.11 Å². The molecule has 0 fully saturated rings. The number of pyridine rings is 1. The molecule has 2 N–H and O–H groups in total. The molecule has 0 atom stereocenters. The van der Waals surface area contributed by atoms with E-state index >= 15 is 0 Å². The molecular formula is C16H22N4O. The molecule has 0 saturated carbocycles. The van der Waals surface area contributed by atoms with Gasteiger partial charge in [-0.3, -0.25) is 4.98 Å². The SMILES string of the molecule is Cc1cc(C)c(CNc2nc(CO)cc(C(C)C)n2)cn1. The van der Waals surface area contributed by atoms with Crippen LogP contribution in [0.3, 0.4) is 0 Å². The lowest BCUT2D eigenvalue weighted by Gasteiger charge is -2.12. The monoisotopic (exact) mass is 286 g/mol. The molecule has 2 aromatic heterocycles. The van der Waals surface area contributed by atoms with E-state index in [2.05, 4.69) is 47.1 Å². The van der Waals surface area contributed by atoms with E-state index in [1.54, 1.807) is 0 Å². The van der Waals surface area contributed by atoms with Gasteiger partial charge < -0.3 is 10.4 Å². The Morgan fingerprint density at radius 3 is 2.57 bits per heavy atom. The second-order valence-corrected chi connectivity index (χ2v) is 5.53. The normalized spacial score (nSPS) is 11.0. The number of anilines is 1. The van der Waals surface area contributed by atoms with Gasteiger partial charge in [-0.25, -0.2) is 9.97 Å². The summed E-state index contributed by atoms with van der Waals surface area (Å²) in [6.07, 6.45) is 1.87. The van der Waals surface area contributed by atoms with Crippen molar-refractivity contribution in [2.75, 3.05) is 5.32 Å². The van der Waals surface area contributed by atoms with Crippen LogP contribution < -0.4 is 5.32 Å². The van der Waals surface area contributed by atoms with E-state index < -0.39 is 0 Å². The van der Waals surface area contributed by atoms with Crippen molar-refractivity contribution in [3.05, 3.63) is 46.5 Å². The number of rotatable bonds is 5. The third kappa shape index (κ3) is 3.98. The Morgan fingerprint density at radius 2 is 1.95 bits per heavy atom. The fourth-order valence-corrected chi connectivity index (χ4v) is 2.06. The minimum absolute atomic E-state index is 0.0813. The van der Waals surface area contributed by atoms with E-state index in [1.807, 2.05) is 19.2 Å². The van der Waals surface area contributed by atoms with E-state index in [4.69, 9.17) is 0 Å². The molecule has 0 aromatic carbocycles. The van der Waals surface area contributed by atoms with Crippen molar-refractivity contribution in [3.8, 4) is 0 Å². The van der Waals surface area contributed by atoms with Crippen LogP contribution in [-0.4, -0.2) is 20.1 Å². The summed E-state index contributed by atoms with van der Waals surface area (Å²) in [4.78, 5) is 13.1. The second-order valence-electron chi connectivity index (χ2n) is 5.53. The number of hydrogen-bond donors (Lipinski definition) is 2. The maximum atomic E-state index is 9.30. The summed E-state index contributed by atoms with van der Waals surface area (Å²) in [6, 6.07) is 3.90. The van der Waals surface area contributed by atoms with Crippen molar-refractivity contribution in [2.24, 2.45) is 0 Å². The molecule has 0 aliphatic rings. The van der Waals surface area contributed by atoms with Crippen molar-refractivity contribution in [1.29, 1.82) is 0 Å². The van der Waals surface area contributed by atoms with Crippen LogP contribution in [0.2, 0.25) is 0 Å². The molecule has 0 saturated heterocycles. The van der Waals surface area contributed by atoms with Gasteiger partial charge in [0.1, 0.15) is 0 Å². The molecule has 0 spiro atoms. The molecule has 2 aromatic rings. The van der Waals surface area contributed by atoms with E-state index in [0.29, 0.717) is 24.1 Å². The topological polar surface area (TPSA) is 70.9 Å². The molecule has 0 aliphatic heterocycles. The minimum Gasteiger partial charge on any atom is -0.390 e. The first kappa shape index (κ1) is 15.4. The molecule has 2 rings (SSSR count). The zero-order valence-electron chi connectivity index (χ0n) is 13.0. The van der Waals surface area contributed by atoms with Crippen LogP contribution >= 0.6 is 0 Å². The zero-order valence-corrected chi connectivity index (χ0v) is 13.0. The summed E-state index contributed by atoms with van der Waals surface area (Å²) < 4.78 is 0. The van der Waals surface area contributed by atoms with Crippen LogP contribution in [0.4, 0.5) is 5.95 Å². The molecule has 112 valence electrons. The summed E-state index contributed by atoms with van der Waals surface area (Å²) >= 11 is 0. The van der Waals surface area contributed by atoms with Crippen molar-refractivity contribution in [2.45, 2.75) is 46.8 Å². The first-order chi connectivity index (χ1) is 9.99. The molecule has 2 heterocycles. The Morgan fingerprint density at radius 1 is 1.19 bits per heavy atom. The first-order valence-corrected chi connectivity index (χ1v) is 7.14. The summed E-state index contributed by atoms with van der Waals surface area (Å²) in [7, 11) is 0. The number of nitrogens with one attached hydrogen (secondary N) is 1. The zero-order chi connectivity index (χ0) is 15.4. The molecule has 0 unspecified atom stereocenters. The molecule has 21 heavy (non-hydrogen) atoms. The Balaban J connectivity index is 2.17. The van der Waals surface area contributed by atoms with E-state index in [0.717, 1.165) is 17.0 Å². The third-order valence-electron chi connectivity index (χ3n) is 3.35. The molecule has 0 amide bonds. The number of aliphatic hydroxyl groups excluding tert-OH is 1. The predicted molar refractivity (Wildman–Crippen MR) is 83.1 cm³/mol. The molecule has 5 nitrogen and oxygen atoms in total. The molecule has 5 heteroatoms. The fourth-order valence-electron chi connectivity index (χ4n) is 2.06. The van der Waals surface area contributed by atoms with Crippen LogP contribution in [0.5, 0.6) is 0 Å². The number of nitrogens with zero attached hydrogens (tertiary/aromatic N) is 3. The van der Waals surface area contributed by atoms with Gasteiger partial charge in [-0.1, -0.05) is 13.8 Å². The Hall–Kier alpha value is -2.01. The molecular weight excluding hydrogens is 264 g/mol. The van der Waals surface area contributed by atoms with Gasteiger partial charge >= 0.3 is 0 Å². The highest BCUT2D eigenvalue weighted by Gasteiger charge is 2.08. The van der Waals surface area contributed by atoms with Gasteiger partial charge in [-0.2, -0.15) is 0 Å². The Labute approximate surface area is 125 Å². The largest absolute Gasteiger partial charge is 0.390 e. The van der Waals surface area contributed by atoms with Gasteiger partial charge in [0.05, 0.1) is 12.3 Å². The van der Waals surface area contributed by atoms with Crippen molar-refractivity contribution in [1.82, 2.24) is 15.0 Å². The van der Waals surface area contributed by atoms with Gasteiger partial charge in [-0.15, -0.1) is 0 Å². The van der Waals surface area contributed by atoms with Crippen LogP contribution in [0, 0.1) is 13.8 Å². The summed E-state index contributed by atoms with van der Waals surface area (Å²) in [6.45, 7) is 8.72. The standard InChI is InChI=1S/C16H22N4O/c1-10(2)15-6-14(9-21)19-16(20-15)18-8-13-7-17-12(4)5-11(13)3/h5-7,10,21H,8-9H2,1-4H3,(H,18,19,20). The lowest BCUT2D eigenvalue weighted by molar-refractivity contribution is 0.276. The van der Waals surface area contributed by atoms with Gasteiger partial charge in [0.15, 0.2) is 0 Å². The van der Waals surface area contributed by atoms with Gasteiger partial charge in [0.2, 0.25) is 5.95 Å². The quantitative estimate of drug-likeness (QED) is 0.884. The Bertz CT molecular complexity index is 626. The Kier molecular flexibility index (Phi) is 4.85. The predicted octanol–water partition coefficient (Wildman–Crippen LogP) is 2.72. The van der Waals surface area contributed by atoms with E-state index in [-0.39, 0.29) is 6.61 Å². The van der Waals surface area contributed by atoms with E-state index in [9.17, 15) is 5.11 Å². The number of aromatic nitrogens is 3. The van der Waals surface area contributed by atoms with Gasteiger partial charge in [-0.05, 0) is 43.0 Å². The van der Waals surface area contributed by atoms with Crippen LogP contribution in [0.15, 0.2) is 18.3 Å². The summed E-state index contributed by atoms with van der Waals surface area (Å²) in [5.74, 6) is 0.840. The number of aliphatic hydroxyl groups is 1. The van der Waals surface area contributed by atoms with Crippen molar-refractivity contribution in [3.63, 3.8) is 0 Å². The van der Waals surface area contributed by atoms with Crippen molar-refractivity contribution >= 4 is 5.95 Å². The molecule has 0 radical (unpaired) electrons. The summed E-state index contributed by atoms with van der Waals surface area (Å²) in [5, 5.41) is 12.5. The highest BCUT2D eigenvalue weighted by molar-refractivity contribution is 5.33. The summed E-state index contributed by atoms with van der Waals surface area (Å²) in [5.41, 5.74) is 4.88. The average molecular weight is 286 g/mol. The van der Waals surface area contributed by atoms with E-state index in [1.165, 1.54) is 5.56 Å². The van der Waals surface area contributed by atoms with Crippen LogP contribution in [0.1, 0.15) is 48.0 Å². The second kappa shape index (κ2) is 6.63. The highest BCUT2D eigenvalue weighted by Crippen LogP contribution is 2.16. The average Bonchev–Trinajstić information content (AvgIpc) is 2.46. The molecule has 0 aliphatic carbocycles. The van der Waals surface area contributed by atoms with Gasteiger partial charge in [0, 0.05) is 24.1 Å². The maximum Gasteiger partial charge on any atom is 0.223 e. The van der Waals surface area contributed by atoms with Gasteiger partial charge in [0.25, 0.3) is 0 Å². The number of hydrogen-bond acceptors (Lipinski definition) is 5. The third-order valence-corrected chi connectivity index (χ3v) is 3.35. The molecule has 0 bridgehead atoms. The van der Waals surface area contributed by atoms with Crippen LogP contribution in [-0.2, 0) is 13.2 Å². The maximum absolute atomic E-state index is 9.30. The fraction of sp³-hybridized carbons (Fsp3) is 0.438.